The molecule has 2 heterocycles. The van der Waals surface area contributed by atoms with Gasteiger partial charge in [-0.1, -0.05) is 11.6 Å². The molecule has 0 amide bonds. The smallest absolute Gasteiger partial charge is 0.150 e. The number of carbonyl (C=O) groups excluding carboxylic acids is 1. The summed E-state index contributed by atoms with van der Waals surface area (Å²) in [5.74, 6) is 2.16. The van der Waals surface area contributed by atoms with E-state index in [0.717, 1.165) is 30.9 Å². The molecular formula is C12H15ClN2O. The number of ketones is 1. The molecule has 16 heavy (non-hydrogen) atoms. The quantitative estimate of drug-likeness (QED) is 0.794. The van der Waals surface area contributed by atoms with Crippen molar-refractivity contribution in [1.82, 2.24) is 9.55 Å². The molecule has 1 atom stereocenters. The Balaban J connectivity index is 1.97. The first-order chi connectivity index (χ1) is 7.66. The summed E-state index contributed by atoms with van der Waals surface area (Å²) < 4.78 is 2.20. The molecule has 0 radical (unpaired) electrons. The van der Waals surface area contributed by atoms with Crippen LogP contribution in [0.4, 0.5) is 0 Å². The van der Waals surface area contributed by atoms with Crippen molar-refractivity contribution in [3.05, 3.63) is 16.7 Å². The Labute approximate surface area is 99.8 Å². The fourth-order valence-electron chi connectivity index (χ4n) is 2.52. The maximum absolute atomic E-state index is 11.4. The molecule has 0 aromatic carbocycles. The molecule has 1 aliphatic heterocycles. The summed E-state index contributed by atoms with van der Waals surface area (Å²) in [6, 6.07) is 0. The van der Waals surface area contributed by atoms with Crippen molar-refractivity contribution in [2.24, 2.45) is 5.92 Å². The zero-order valence-corrected chi connectivity index (χ0v) is 10.1. The van der Waals surface area contributed by atoms with Crippen LogP contribution < -0.4 is 0 Å². The lowest BCUT2D eigenvalue weighted by atomic mass is 9.94. The van der Waals surface area contributed by atoms with Crippen LogP contribution in [0.1, 0.15) is 43.6 Å². The summed E-state index contributed by atoms with van der Waals surface area (Å²) in [5.41, 5.74) is 1.14. The lowest BCUT2D eigenvalue weighted by molar-refractivity contribution is -0.121. The van der Waals surface area contributed by atoms with E-state index in [2.05, 4.69) is 9.55 Å². The average Bonchev–Trinajstić information content (AvgIpc) is 3.04. The van der Waals surface area contributed by atoms with Gasteiger partial charge in [0.05, 0.1) is 5.69 Å². The Hall–Kier alpha value is -0.830. The summed E-state index contributed by atoms with van der Waals surface area (Å²) in [6.45, 7) is 2.47. The lowest BCUT2D eigenvalue weighted by Gasteiger charge is -2.23. The van der Waals surface area contributed by atoms with E-state index in [1.807, 2.05) is 0 Å². The SMILES string of the molecule is CC(=O)C1CCc2c(Cl)nc(C3CC3)n2C1. The van der Waals surface area contributed by atoms with Gasteiger partial charge in [0.2, 0.25) is 0 Å². The third kappa shape index (κ3) is 1.58. The predicted octanol–water partition coefficient (Wildman–Crippen LogP) is 2.57. The molecule has 1 unspecified atom stereocenters. The van der Waals surface area contributed by atoms with Gasteiger partial charge in [-0.3, -0.25) is 4.79 Å². The number of fused-ring (bicyclic) bond motifs is 1. The van der Waals surface area contributed by atoms with Crippen LogP contribution in [0.5, 0.6) is 0 Å². The van der Waals surface area contributed by atoms with Gasteiger partial charge in [0.15, 0.2) is 5.15 Å². The van der Waals surface area contributed by atoms with E-state index in [9.17, 15) is 4.79 Å². The number of rotatable bonds is 2. The number of aromatic nitrogens is 2. The standard InChI is InChI=1S/C12H15ClN2O/c1-7(16)9-4-5-10-11(13)14-12(8-2-3-8)15(10)6-9/h8-9H,2-6H2,1H3. The molecule has 1 aromatic rings. The van der Waals surface area contributed by atoms with E-state index in [1.54, 1.807) is 6.92 Å². The minimum atomic E-state index is 0.162. The Bertz CT molecular complexity index is 448. The Morgan fingerprint density at radius 3 is 2.81 bits per heavy atom. The monoisotopic (exact) mass is 238 g/mol. The van der Waals surface area contributed by atoms with Gasteiger partial charge in [-0.15, -0.1) is 0 Å². The highest BCUT2D eigenvalue weighted by atomic mass is 35.5. The van der Waals surface area contributed by atoms with Crippen LogP contribution in [0, 0.1) is 5.92 Å². The maximum atomic E-state index is 11.4. The van der Waals surface area contributed by atoms with Crippen molar-refractivity contribution >= 4 is 17.4 Å². The minimum Gasteiger partial charge on any atom is -0.330 e. The predicted molar refractivity (Wildman–Crippen MR) is 61.7 cm³/mol. The van der Waals surface area contributed by atoms with E-state index >= 15 is 0 Å². The molecule has 3 rings (SSSR count). The van der Waals surface area contributed by atoms with Crippen molar-refractivity contribution in [2.75, 3.05) is 0 Å². The lowest BCUT2D eigenvalue weighted by Crippen LogP contribution is -2.26. The van der Waals surface area contributed by atoms with E-state index in [-0.39, 0.29) is 11.7 Å². The molecule has 1 fully saturated rings. The maximum Gasteiger partial charge on any atom is 0.150 e. The number of imidazole rings is 1. The second-order valence-electron chi connectivity index (χ2n) is 4.94. The van der Waals surface area contributed by atoms with Gasteiger partial charge in [-0.2, -0.15) is 0 Å². The van der Waals surface area contributed by atoms with Gasteiger partial charge < -0.3 is 4.57 Å². The van der Waals surface area contributed by atoms with Crippen molar-refractivity contribution in [3.63, 3.8) is 0 Å². The molecule has 1 saturated carbocycles. The summed E-state index contributed by atoms with van der Waals surface area (Å²) in [7, 11) is 0. The Morgan fingerprint density at radius 1 is 1.44 bits per heavy atom. The number of halogens is 1. The Morgan fingerprint density at radius 2 is 2.19 bits per heavy atom. The van der Waals surface area contributed by atoms with Crippen molar-refractivity contribution in [1.29, 1.82) is 0 Å². The third-order valence-corrected chi connectivity index (χ3v) is 4.01. The molecular weight excluding hydrogens is 224 g/mol. The van der Waals surface area contributed by atoms with Crippen LogP contribution >= 0.6 is 11.6 Å². The number of Topliss-reactive ketones (excluding diaryl/α,β-unsaturated/α-hetero) is 1. The van der Waals surface area contributed by atoms with Crippen LogP contribution in [0.3, 0.4) is 0 Å². The van der Waals surface area contributed by atoms with Crippen LogP contribution in [-0.2, 0) is 17.8 Å². The zero-order valence-electron chi connectivity index (χ0n) is 9.37. The zero-order chi connectivity index (χ0) is 11.3. The largest absolute Gasteiger partial charge is 0.330 e. The molecule has 4 heteroatoms. The second-order valence-corrected chi connectivity index (χ2v) is 5.30. The summed E-state index contributed by atoms with van der Waals surface area (Å²) in [5, 5.41) is 0.656. The first kappa shape index (κ1) is 10.3. The first-order valence-corrected chi connectivity index (χ1v) is 6.30. The molecule has 2 aliphatic rings. The van der Waals surface area contributed by atoms with E-state index < -0.39 is 0 Å². The summed E-state index contributed by atoms with van der Waals surface area (Å²) >= 11 is 6.15. The first-order valence-electron chi connectivity index (χ1n) is 5.92. The van der Waals surface area contributed by atoms with Crippen molar-refractivity contribution in [2.45, 2.75) is 45.1 Å². The fraction of sp³-hybridized carbons (Fsp3) is 0.667. The van der Waals surface area contributed by atoms with Crippen LogP contribution in [0.15, 0.2) is 0 Å². The molecule has 1 aliphatic carbocycles. The van der Waals surface area contributed by atoms with E-state index in [0.29, 0.717) is 11.1 Å². The third-order valence-electron chi connectivity index (χ3n) is 3.70. The van der Waals surface area contributed by atoms with Crippen molar-refractivity contribution in [3.8, 4) is 0 Å². The average molecular weight is 239 g/mol. The van der Waals surface area contributed by atoms with Gasteiger partial charge >= 0.3 is 0 Å². The topological polar surface area (TPSA) is 34.9 Å². The van der Waals surface area contributed by atoms with Gasteiger partial charge in [-0.05, 0) is 32.6 Å². The molecule has 3 nitrogen and oxygen atoms in total. The van der Waals surface area contributed by atoms with Crippen molar-refractivity contribution < 1.29 is 4.79 Å². The molecule has 1 aromatic heterocycles. The fourth-order valence-corrected chi connectivity index (χ4v) is 2.81. The van der Waals surface area contributed by atoms with Gasteiger partial charge in [0.25, 0.3) is 0 Å². The Kier molecular flexibility index (Phi) is 2.32. The molecule has 0 spiro atoms. The number of carbonyl (C=O) groups is 1. The van der Waals surface area contributed by atoms with Crippen LogP contribution in [0.25, 0.3) is 0 Å². The number of hydrogen-bond donors (Lipinski definition) is 0. The van der Waals surface area contributed by atoms with E-state index in [4.69, 9.17) is 11.6 Å². The molecule has 0 N–H and O–H groups in total. The number of nitrogens with zero attached hydrogens (tertiary/aromatic N) is 2. The van der Waals surface area contributed by atoms with Gasteiger partial charge in [0, 0.05) is 18.4 Å². The molecule has 0 saturated heterocycles. The highest BCUT2D eigenvalue weighted by Crippen LogP contribution is 2.42. The highest BCUT2D eigenvalue weighted by Gasteiger charge is 2.34. The van der Waals surface area contributed by atoms with Gasteiger partial charge in [0.1, 0.15) is 11.6 Å². The van der Waals surface area contributed by atoms with Crippen LogP contribution in [0.2, 0.25) is 5.15 Å². The van der Waals surface area contributed by atoms with Gasteiger partial charge in [-0.25, -0.2) is 4.98 Å². The molecule has 0 bridgehead atoms. The minimum absolute atomic E-state index is 0.162. The second kappa shape index (κ2) is 3.59. The normalized spacial score (nSPS) is 24.2. The van der Waals surface area contributed by atoms with E-state index in [1.165, 1.54) is 12.8 Å². The highest BCUT2D eigenvalue weighted by molar-refractivity contribution is 6.30. The van der Waals surface area contributed by atoms with Crippen LogP contribution in [-0.4, -0.2) is 15.3 Å². The summed E-state index contributed by atoms with van der Waals surface area (Å²) in [4.78, 5) is 15.9. The number of hydrogen-bond acceptors (Lipinski definition) is 2. The summed E-state index contributed by atoms with van der Waals surface area (Å²) in [6.07, 6.45) is 4.25. The molecule has 86 valence electrons.